The van der Waals surface area contributed by atoms with Crippen molar-refractivity contribution in [2.45, 2.75) is 51.8 Å². The van der Waals surface area contributed by atoms with Crippen LogP contribution in [-0.2, 0) is 24.3 Å². The number of nitrogens with one attached hydrogen (secondary N) is 1. The number of ether oxygens (including phenoxy) is 1. The summed E-state index contributed by atoms with van der Waals surface area (Å²) in [6, 6.07) is 0.757. The van der Waals surface area contributed by atoms with Gasteiger partial charge in [0.15, 0.2) is 0 Å². The zero-order chi connectivity index (χ0) is 11.4. The molecule has 0 spiro atoms. The summed E-state index contributed by atoms with van der Waals surface area (Å²) >= 11 is 1.84. The zero-order valence-corrected chi connectivity index (χ0v) is 10.9. The zero-order valence-electron chi connectivity index (χ0n) is 10.1. The number of aryl methyl sites for hydroxylation is 1. The lowest BCUT2D eigenvalue weighted by molar-refractivity contribution is 0.181. The number of hydrogen-bond donors (Lipinski definition) is 1. The van der Waals surface area contributed by atoms with Gasteiger partial charge in [-0.2, -0.15) is 0 Å². The van der Waals surface area contributed by atoms with Gasteiger partial charge in [-0.3, -0.25) is 0 Å². The van der Waals surface area contributed by atoms with Crippen molar-refractivity contribution < 1.29 is 4.74 Å². The summed E-state index contributed by atoms with van der Waals surface area (Å²) in [7, 11) is 1.73. The molecule has 1 saturated carbocycles. The quantitative estimate of drug-likeness (QED) is 0.795. The summed E-state index contributed by atoms with van der Waals surface area (Å²) in [5.74, 6) is 0. The fourth-order valence-electron chi connectivity index (χ4n) is 1.67. The van der Waals surface area contributed by atoms with E-state index in [-0.39, 0.29) is 0 Å². The van der Waals surface area contributed by atoms with E-state index >= 15 is 0 Å². The highest BCUT2D eigenvalue weighted by molar-refractivity contribution is 7.11. The van der Waals surface area contributed by atoms with Crippen LogP contribution in [0.5, 0.6) is 0 Å². The first-order valence-electron chi connectivity index (χ1n) is 6.03. The average Bonchev–Trinajstić information content (AvgIpc) is 3.01. The molecule has 1 heterocycles. The van der Waals surface area contributed by atoms with E-state index in [0.717, 1.165) is 31.1 Å². The van der Waals surface area contributed by atoms with Crippen LogP contribution in [0.3, 0.4) is 0 Å². The second-order valence-electron chi connectivity index (χ2n) is 4.32. The molecule has 3 nitrogen and oxygen atoms in total. The van der Waals surface area contributed by atoms with E-state index in [0.29, 0.717) is 6.61 Å². The molecule has 1 fully saturated rings. The Morgan fingerprint density at radius 2 is 2.31 bits per heavy atom. The van der Waals surface area contributed by atoms with Crippen molar-refractivity contribution in [2.24, 2.45) is 0 Å². The van der Waals surface area contributed by atoms with Gasteiger partial charge < -0.3 is 10.1 Å². The molecular weight excluding hydrogens is 220 g/mol. The smallest absolute Gasteiger partial charge is 0.0932 e. The molecule has 0 atom stereocenters. The number of rotatable bonds is 7. The third-order valence-corrected chi connectivity index (χ3v) is 3.85. The minimum Gasteiger partial charge on any atom is -0.378 e. The van der Waals surface area contributed by atoms with Gasteiger partial charge in [0.1, 0.15) is 0 Å². The van der Waals surface area contributed by atoms with Crippen LogP contribution in [0, 0.1) is 0 Å². The maximum absolute atomic E-state index is 5.20. The van der Waals surface area contributed by atoms with Gasteiger partial charge in [-0.05, 0) is 25.7 Å². The highest BCUT2D eigenvalue weighted by Crippen LogP contribution is 2.24. The molecule has 0 unspecified atom stereocenters. The van der Waals surface area contributed by atoms with Crippen LogP contribution in [0.4, 0.5) is 0 Å². The lowest BCUT2D eigenvalue weighted by Crippen LogP contribution is -2.15. The number of hydrogen-bond acceptors (Lipinski definition) is 4. The van der Waals surface area contributed by atoms with Crippen molar-refractivity contribution in [1.82, 2.24) is 10.3 Å². The molecule has 2 rings (SSSR count). The first kappa shape index (κ1) is 12.0. The van der Waals surface area contributed by atoms with Crippen LogP contribution in [-0.4, -0.2) is 18.1 Å². The summed E-state index contributed by atoms with van der Waals surface area (Å²) in [5.41, 5.74) is 1.13. The normalized spacial score (nSPS) is 15.6. The van der Waals surface area contributed by atoms with Crippen LogP contribution in [0.1, 0.15) is 41.8 Å². The van der Waals surface area contributed by atoms with Crippen LogP contribution < -0.4 is 5.32 Å². The van der Waals surface area contributed by atoms with E-state index < -0.39 is 0 Å². The molecule has 1 aromatic heterocycles. The van der Waals surface area contributed by atoms with Gasteiger partial charge >= 0.3 is 0 Å². The Morgan fingerprint density at radius 3 is 2.94 bits per heavy atom. The molecule has 1 aliphatic rings. The molecule has 0 amide bonds. The molecule has 1 N–H and O–H groups in total. The first-order chi connectivity index (χ1) is 7.83. The Kier molecular flexibility index (Phi) is 4.32. The van der Waals surface area contributed by atoms with E-state index in [9.17, 15) is 0 Å². The van der Waals surface area contributed by atoms with E-state index in [1.165, 1.54) is 22.7 Å². The number of nitrogens with zero attached hydrogens (tertiary/aromatic N) is 1. The van der Waals surface area contributed by atoms with Gasteiger partial charge in [-0.15, -0.1) is 11.3 Å². The van der Waals surface area contributed by atoms with E-state index in [4.69, 9.17) is 4.74 Å². The summed E-state index contributed by atoms with van der Waals surface area (Å²) < 4.78 is 5.20. The molecule has 0 bridgehead atoms. The third kappa shape index (κ3) is 3.27. The SMILES string of the molecule is CCCc1nc(COC)c(CNC2CC2)s1. The molecule has 4 heteroatoms. The van der Waals surface area contributed by atoms with Crippen LogP contribution in [0.15, 0.2) is 0 Å². The van der Waals surface area contributed by atoms with E-state index in [2.05, 4.69) is 17.2 Å². The maximum atomic E-state index is 5.20. The van der Waals surface area contributed by atoms with Gasteiger partial charge in [0, 0.05) is 24.6 Å². The van der Waals surface area contributed by atoms with Crippen LogP contribution in [0.2, 0.25) is 0 Å². The van der Waals surface area contributed by atoms with Gasteiger partial charge in [0.2, 0.25) is 0 Å². The van der Waals surface area contributed by atoms with Crippen molar-refractivity contribution in [3.05, 3.63) is 15.6 Å². The largest absolute Gasteiger partial charge is 0.378 e. The minimum absolute atomic E-state index is 0.641. The lowest BCUT2D eigenvalue weighted by Gasteiger charge is -2.02. The second-order valence-corrected chi connectivity index (χ2v) is 5.48. The molecule has 16 heavy (non-hydrogen) atoms. The summed E-state index contributed by atoms with van der Waals surface area (Å²) in [4.78, 5) is 6.00. The van der Waals surface area contributed by atoms with Gasteiger partial charge in [-0.1, -0.05) is 6.92 Å². The molecule has 0 aliphatic heterocycles. The monoisotopic (exact) mass is 240 g/mol. The van der Waals surface area contributed by atoms with Crippen LogP contribution >= 0.6 is 11.3 Å². The molecule has 1 aliphatic carbocycles. The molecular formula is C12H20N2OS. The fraction of sp³-hybridized carbons (Fsp3) is 0.750. The van der Waals surface area contributed by atoms with Crippen molar-refractivity contribution in [3.8, 4) is 0 Å². The fourth-order valence-corrected chi connectivity index (χ4v) is 2.79. The number of methoxy groups -OCH3 is 1. The standard InChI is InChI=1S/C12H20N2OS/c1-3-4-12-14-10(8-15-2)11(16-12)7-13-9-5-6-9/h9,13H,3-8H2,1-2H3. The van der Waals surface area contributed by atoms with E-state index in [1.807, 2.05) is 11.3 Å². The van der Waals surface area contributed by atoms with Gasteiger partial charge in [0.25, 0.3) is 0 Å². The molecule has 90 valence electrons. The van der Waals surface area contributed by atoms with Crippen LogP contribution in [0.25, 0.3) is 0 Å². The number of aromatic nitrogens is 1. The maximum Gasteiger partial charge on any atom is 0.0932 e. The topological polar surface area (TPSA) is 34.1 Å². The van der Waals surface area contributed by atoms with Crippen molar-refractivity contribution in [1.29, 1.82) is 0 Å². The highest BCUT2D eigenvalue weighted by Gasteiger charge is 2.21. The molecule has 1 aromatic rings. The Morgan fingerprint density at radius 1 is 1.50 bits per heavy atom. The van der Waals surface area contributed by atoms with Gasteiger partial charge in [-0.25, -0.2) is 4.98 Å². The minimum atomic E-state index is 0.641. The summed E-state index contributed by atoms with van der Waals surface area (Å²) in [5, 5.41) is 4.79. The van der Waals surface area contributed by atoms with Crippen molar-refractivity contribution >= 4 is 11.3 Å². The summed E-state index contributed by atoms with van der Waals surface area (Å²) in [6.07, 6.45) is 4.92. The summed E-state index contributed by atoms with van der Waals surface area (Å²) in [6.45, 7) is 3.80. The molecule has 0 radical (unpaired) electrons. The lowest BCUT2D eigenvalue weighted by atomic mass is 10.3. The molecule has 0 aromatic carbocycles. The Balaban J connectivity index is 1.99. The average molecular weight is 240 g/mol. The first-order valence-corrected chi connectivity index (χ1v) is 6.85. The third-order valence-electron chi connectivity index (χ3n) is 2.70. The second kappa shape index (κ2) is 5.75. The molecule has 0 saturated heterocycles. The van der Waals surface area contributed by atoms with Crippen molar-refractivity contribution in [2.75, 3.05) is 7.11 Å². The number of thiazole rings is 1. The predicted molar refractivity (Wildman–Crippen MR) is 66.7 cm³/mol. The van der Waals surface area contributed by atoms with Gasteiger partial charge in [0.05, 0.1) is 17.3 Å². The van der Waals surface area contributed by atoms with E-state index in [1.54, 1.807) is 7.11 Å². The Labute approximate surface area is 101 Å². The Bertz CT molecular complexity index is 334. The van der Waals surface area contributed by atoms with Crippen molar-refractivity contribution in [3.63, 3.8) is 0 Å². The predicted octanol–water partition coefficient (Wildman–Crippen LogP) is 2.49. The highest BCUT2D eigenvalue weighted by atomic mass is 32.1. The Hall–Kier alpha value is -0.450.